The highest BCUT2D eigenvalue weighted by molar-refractivity contribution is 5.99. The fourth-order valence-electron chi connectivity index (χ4n) is 3.55. The quantitative estimate of drug-likeness (QED) is 0.769. The van der Waals surface area contributed by atoms with Crippen LogP contribution in [0.3, 0.4) is 0 Å². The van der Waals surface area contributed by atoms with Gasteiger partial charge in [0.05, 0.1) is 0 Å². The van der Waals surface area contributed by atoms with Gasteiger partial charge in [-0.1, -0.05) is 32.9 Å². The van der Waals surface area contributed by atoms with E-state index in [1.54, 1.807) is 0 Å². The van der Waals surface area contributed by atoms with Crippen molar-refractivity contribution in [2.24, 2.45) is 5.41 Å². The standard InChI is InChI=1S/C24H32N4O2/c1-18-6-5-7-20(16-18)26-23(30)25-19-8-10-21(11-9-19)27-12-14-28(15-13-27)22(29)17-24(2,3)4/h5-11,16H,12-15,17H2,1-4H3,(H2,25,26,30). The maximum Gasteiger partial charge on any atom is 0.323 e. The lowest BCUT2D eigenvalue weighted by Crippen LogP contribution is -2.49. The molecule has 160 valence electrons. The summed E-state index contributed by atoms with van der Waals surface area (Å²) in [4.78, 5) is 28.9. The summed E-state index contributed by atoms with van der Waals surface area (Å²) in [5.41, 5.74) is 3.72. The molecule has 1 fully saturated rings. The highest BCUT2D eigenvalue weighted by atomic mass is 16.2. The van der Waals surface area contributed by atoms with Gasteiger partial charge in [-0.05, 0) is 54.3 Å². The van der Waals surface area contributed by atoms with Gasteiger partial charge in [-0.25, -0.2) is 4.79 Å². The molecule has 0 radical (unpaired) electrons. The van der Waals surface area contributed by atoms with E-state index in [0.717, 1.165) is 48.8 Å². The van der Waals surface area contributed by atoms with Gasteiger partial charge in [-0.3, -0.25) is 4.79 Å². The van der Waals surface area contributed by atoms with Crippen LogP contribution >= 0.6 is 0 Å². The molecule has 0 bridgehead atoms. The summed E-state index contributed by atoms with van der Waals surface area (Å²) >= 11 is 0. The molecule has 1 aliphatic rings. The first kappa shape index (κ1) is 21.7. The Hall–Kier alpha value is -3.02. The smallest absolute Gasteiger partial charge is 0.323 e. The van der Waals surface area contributed by atoms with E-state index in [4.69, 9.17) is 0 Å². The van der Waals surface area contributed by atoms with E-state index in [-0.39, 0.29) is 17.4 Å². The summed E-state index contributed by atoms with van der Waals surface area (Å²) < 4.78 is 0. The van der Waals surface area contributed by atoms with Crippen LogP contribution in [-0.2, 0) is 4.79 Å². The summed E-state index contributed by atoms with van der Waals surface area (Å²) in [5, 5.41) is 5.70. The number of piperazine rings is 1. The molecule has 0 unspecified atom stereocenters. The maximum atomic E-state index is 12.4. The number of urea groups is 1. The van der Waals surface area contributed by atoms with Gasteiger partial charge in [0.15, 0.2) is 0 Å². The van der Waals surface area contributed by atoms with Crippen molar-refractivity contribution in [2.45, 2.75) is 34.1 Å². The molecule has 1 aliphatic heterocycles. The first-order chi connectivity index (χ1) is 14.2. The molecule has 0 spiro atoms. The molecule has 0 saturated carbocycles. The maximum absolute atomic E-state index is 12.4. The normalized spacial score (nSPS) is 14.4. The van der Waals surface area contributed by atoms with E-state index in [2.05, 4.69) is 36.3 Å². The molecule has 30 heavy (non-hydrogen) atoms. The summed E-state index contributed by atoms with van der Waals surface area (Å²) in [6.07, 6.45) is 0.581. The van der Waals surface area contributed by atoms with Crippen molar-refractivity contribution >= 4 is 29.0 Å². The summed E-state index contributed by atoms with van der Waals surface area (Å²) in [7, 11) is 0. The molecule has 6 nitrogen and oxygen atoms in total. The second-order valence-corrected chi connectivity index (χ2v) is 9.10. The molecule has 1 heterocycles. The van der Waals surface area contributed by atoms with E-state index in [1.807, 2.05) is 60.4 Å². The lowest BCUT2D eigenvalue weighted by molar-refractivity contribution is -0.133. The molecule has 0 atom stereocenters. The number of hydrogen-bond donors (Lipinski definition) is 2. The number of anilines is 3. The van der Waals surface area contributed by atoms with E-state index in [9.17, 15) is 9.59 Å². The molecular formula is C24H32N4O2. The zero-order valence-corrected chi connectivity index (χ0v) is 18.4. The predicted octanol–water partition coefficient (Wildman–Crippen LogP) is 4.72. The third-order valence-electron chi connectivity index (χ3n) is 5.08. The summed E-state index contributed by atoms with van der Waals surface area (Å²) in [5.74, 6) is 0.237. The lowest BCUT2D eigenvalue weighted by atomic mass is 9.91. The van der Waals surface area contributed by atoms with Crippen LogP contribution in [-0.4, -0.2) is 43.0 Å². The molecule has 2 N–H and O–H groups in total. The highest BCUT2D eigenvalue weighted by Crippen LogP contribution is 2.23. The summed E-state index contributed by atoms with van der Waals surface area (Å²) in [6, 6.07) is 15.3. The second kappa shape index (κ2) is 9.20. The molecule has 0 aromatic heterocycles. The summed E-state index contributed by atoms with van der Waals surface area (Å²) in [6.45, 7) is 11.4. The first-order valence-electron chi connectivity index (χ1n) is 10.5. The number of carbonyl (C=O) groups is 2. The topological polar surface area (TPSA) is 64.7 Å². The number of carbonyl (C=O) groups excluding carboxylic acids is 2. The van der Waals surface area contributed by atoms with Crippen LogP contribution in [0.25, 0.3) is 0 Å². The molecular weight excluding hydrogens is 376 g/mol. The minimum Gasteiger partial charge on any atom is -0.368 e. The fourth-order valence-corrected chi connectivity index (χ4v) is 3.55. The Balaban J connectivity index is 1.50. The van der Waals surface area contributed by atoms with Crippen LogP contribution in [0, 0.1) is 12.3 Å². The van der Waals surface area contributed by atoms with Crippen LogP contribution in [0.2, 0.25) is 0 Å². The molecule has 2 aromatic rings. The number of hydrogen-bond acceptors (Lipinski definition) is 3. The van der Waals surface area contributed by atoms with Crippen LogP contribution in [0.4, 0.5) is 21.9 Å². The largest absolute Gasteiger partial charge is 0.368 e. The minimum atomic E-state index is -0.265. The van der Waals surface area contributed by atoms with Crippen molar-refractivity contribution in [1.29, 1.82) is 0 Å². The Morgan fingerprint density at radius 2 is 1.53 bits per heavy atom. The second-order valence-electron chi connectivity index (χ2n) is 9.10. The van der Waals surface area contributed by atoms with Gasteiger partial charge >= 0.3 is 6.03 Å². The van der Waals surface area contributed by atoms with Gasteiger partial charge in [-0.15, -0.1) is 0 Å². The Kier molecular flexibility index (Phi) is 6.65. The zero-order valence-electron chi connectivity index (χ0n) is 18.4. The zero-order chi connectivity index (χ0) is 21.7. The van der Waals surface area contributed by atoms with Crippen LogP contribution in [0.15, 0.2) is 48.5 Å². The van der Waals surface area contributed by atoms with Crippen molar-refractivity contribution in [3.8, 4) is 0 Å². The van der Waals surface area contributed by atoms with E-state index in [1.165, 1.54) is 0 Å². The number of benzene rings is 2. The molecule has 3 amide bonds. The van der Waals surface area contributed by atoms with Crippen molar-refractivity contribution < 1.29 is 9.59 Å². The SMILES string of the molecule is Cc1cccc(NC(=O)Nc2ccc(N3CCN(C(=O)CC(C)(C)C)CC3)cc2)c1. The molecule has 0 aliphatic carbocycles. The molecule has 3 rings (SSSR count). The van der Waals surface area contributed by atoms with Gasteiger partial charge in [0.25, 0.3) is 0 Å². The average Bonchev–Trinajstić information content (AvgIpc) is 2.67. The minimum absolute atomic E-state index is 0.0165. The number of rotatable bonds is 4. The Morgan fingerprint density at radius 3 is 2.13 bits per heavy atom. The van der Waals surface area contributed by atoms with E-state index < -0.39 is 0 Å². The number of nitrogens with one attached hydrogen (secondary N) is 2. The molecule has 6 heteroatoms. The highest BCUT2D eigenvalue weighted by Gasteiger charge is 2.24. The first-order valence-corrected chi connectivity index (χ1v) is 10.5. The lowest BCUT2D eigenvalue weighted by Gasteiger charge is -2.37. The van der Waals surface area contributed by atoms with Crippen molar-refractivity contribution in [2.75, 3.05) is 41.7 Å². The third-order valence-corrected chi connectivity index (χ3v) is 5.08. The Labute approximate surface area is 179 Å². The molecule has 1 saturated heterocycles. The van der Waals surface area contributed by atoms with Gasteiger partial charge in [0, 0.05) is 49.7 Å². The number of aryl methyl sites for hydroxylation is 1. The number of nitrogens with zero attached hydrogens (tertiary/aromatic N) is 2. The van der Waals surface area contributed by atoms with Gasteiger partial charge in [0.2, 0.25) is 5.91 Å². The van der Waals surface area contributed by atoms with Gasteiger partial charge in [-0.2, -0.15) is 0 Å². The Morgan fingerprint density at radius 1 is 0.900 bits per heavy atom. The van der Waals surface area contributed by atoms with Crippen LogP contribution < -0.4 is 15.5 Å². The fraction of sp³-hybridized carbons (Fsp3) is 0.417. The predicted molar refractivity (Wildman–Crippen MR) is 123 cm³/mol. The van der Waals surface area contributed by atoms with E-state index >= 15 is 0 Å². The van der Waals surface area contributed by atoms with Crippen molar-refractivity contribution in [3.05, 3.63) is 54.1 Å². The number of amides is 3. The average molecular weight is 409 g/mol. The van der Waals surface area contributed by atoms with Gasteiger partial charge < -0.3 is 20.4 Å². The van der Waals surface area contributed by atoms with Gasteiger partial charge in [0.1, 0.15) is 0 Å². The van der Waals surface area contributed by atoms with Crippen molar-refractivity contribution in [1.82, 2.24) is 4.90 Å². The van der Waals surface area contributed by atoms with Crippen molar-refractivity contribution in [3.63, 3.8) is 0 Å². The third kappa shape index (κ3) is 6.24. The molecule has 2 aromatic carbocycles. The van der Waals surface area contributed by atoms with Crippen LogP contribution in [0.1, 0.15) is 32.8 Å². The van der Waals surface area contributed by atoms with E-state index in [0.29, 0.717) is 6.42 Å². The Bertz CT molecular complexity index is 879. The van der Waals surface area contributed by atoms with Crippen LogP contribution in [0.5, 0.6) is 0 Å². The monoisotopic (exact) mass is 408 g/mol.